The molecule has 1 aliphatic rings. The largest absolute Gasteiger partial charge is 0.445 e. The van der Waals surface area contributed by atoms with E-state index in [1.165, 1.54) is 5.69 Å². The molecule has 1 N–H and O–H groups in total. The number of nitrogens with zero attached hydrogens (tertiary/aromatic N) is 1. The van der Waals surface area contributed by atoms with Crippen LogP contribution in [0.1, 0.15) is 0 Å². The summed E-state index contributed by atoms with van der Waals surface area (Å²) in [5.74, 6) is 0. The van der Waals surface area contributed by atoms with Gasteiger partial charge in [0.15, 0.2) is 5.22 Å². The van der Waals surface area contributed by atoms with E-state index < -0.39 is 0 Å². The van der Waals surface area contributed by atoms with Crippen molar-refractivity contribution in [3.63, 3.8) is 0 Å². The van der Waals surface area contributed by atoms with E-state index in [0.29, 0.717) is 5.22 Å². The first-order chi connectivity index (χ1) is 7.84. The summed E-state index contributed by atoms with van der Waals surface area (Å²) in [6, 6.07) is 7.99. The highest BCUT2D eigenvalue weighted by Crippen LogP contribution is 2.31. The number of anilines is 1. The maximum Gasteiger partial charge on any atom is 0.194 e. The smallest absolute Gasteiger partial charge is 0.194 e. The number of hydrogen-bond donors (Lipinski definition) is 1. The van der Waals surface area contributed by atoms with Crippen LogP contribution in [0, 0.1) is 0 Å². The van der Waals surface area contributed by atoms with Crippen LogP contribution in [0.5, 0.6) is 0 Å². The Balaban J connectivity index is 2.07. The van der Waals surface area contributed by atoms with Crippen LogP contribution in [0.4, 0.5) is 5.69 Å². The van der Waals surface area contributed by atoms with Gasteiger partial charge in [0.1, 0.15) is 5.58 Å². The van der Waals surface area contributed by atoms with E-state index in [4.69, 9.17) is 16.0 Å². The SMILES string of the molecule is Clc1cc2c(N3CCNCC3)cccc2o1. The number of furan rings is 1. The second-order valence-electron chi connectivity index (χ2n) is 3.98. The number of halogens is 1. The summed E-state index contributed by atoms with van der Waals surface area (Å²) >= 11 is 5.90. The molecule has 1 aromatic carbocycles. The van der Waals surface area contributed by atoms with Crippen LogP contribution in [0.3, 0.4) is 0 Å². The molecule has 0 spiro atoms. The van der Waals surface area contributed by atoms with E-state index >= 15 is 0 Å². The molecule has 4 heteroatoms. The van der Waals surface area contributed by atoms with Crippen LogP contribution in [-0.4, -0.2) is 26.2 Å². The van der Waals surface area contributed by atoms with E-state index in [-0.39, 0.29) is 0 Å². The molecule has 0 unspecified atom stereocenters. The van der Waals surface area contributed by atoms with Gasteiger partial charge in [-0.2, -0.15) is 0 Å². The predicted molar refractivity (Wildman–Crippen MR) is 66.3 cm³/mol. The lowest BCUT2D eigenvalue weighted by Crippen LogP contribution is -2.43. The Morgan fingerprint density at radius 1 is 1.25 bits per heavy atom. The molecule has 0 radical (unpaired) electrons. The number of fused-ring (bicyclic) bond motifs is 1. The van der Waals surface area contributed by atoms with Crippen molar-refractivity contribution in [1.29, 1.82) is 0 Å². The first kappa shape index (κ1) is 10.00. The van der Waals surface area contributed by atoms with Crippen LogP contribution in [0.2, 0.25) is 5.22 Å². The Morgan fingerprint density at radius 2 is 2.06 bits per heavy atom. The molecule has 1 fully saturated rings. The molecule has 0 saturated carbocycles. The number of benzene rings is 1. The minimum atomic E-state index is 0.456. The van der Waals surface area contributed by atoms with E-state index in [2.05, 4.69) is 16.3 Å². The van der Waals surface area contributed by atoms with Crippen molar-refractivity contribution < 1.29 is 4.42 Å². The number of rotatable bonds is 1. The molecule has 3 rings (SSSR count). The minimum absolute atomic E-state index is 0.456. The highest BCUT2D eigenvalue weighted by molar-refractivity contribution is 6.30. The zero-order valence-corrected chi connectivity index (χ0v) is 9.63. The number of hydrogen-bond acceptors (Lipinski definition) is 3. The van der Waals surface area contributed by atoms with Gasteiger partial charge in [0.2, 0.25) is 0 Å². The Labute approximate surface area is 99.0 Å². The van der Waals surface area contributed by atoms with Crippen LogP contribution in [0.15, 0.2) is 28.7 Å². The van der Waals surface area contributed by atoms with Gasteiger partial charge in [0, 0.05) is 43.3 Å². The molecule has 3 nitrogen and oxygen atoms in total. The Bertz CT molecular complexity index is 503. The second kappa shape index (κ2) is 4.00. The molecule has 0 atom stereocenters. The second-order valence-corrected chi connectivity index (χ2v) is 4.35. The molecule has 2 aromatic rings. The monoisotopic (exact) mass is 236 g/mol. The van der Waals surface area contributed by atoms with Gasteiger partial charge in [-0.25, -0.2) is 0 Å². The third-order valence-electron chi connectivity index (χ3n) is 2.97. The molecule has 0 aliphatic carbocycles. The summed E-state index contributed by atoms with van der Waals surface area (Å²) in [5.41, 5.74) is 2.08. The van der Waals surface area contributed by atoms with Crippen molar-refractivity contribution in [3.8, 4) is 0 Å². The van der Waals surface area contributed by atoms with Crippen LogP contribution in [0.25, 0.3) is 11.0 Å². The Kier molecular flexibility index (Phi) is 2.50. The van der Waals surface area contributed by atoms with Gasteiger partial charge >= 0.3 is 0 Å². The maximum atomic E-state index is 5.90. The van der Waals surface area contributed by atoms with E-state index in [1.807, 2.05) is 18.2 Å². The van der Waals surface area contributed by atoms with Crippen molar-refractivity contribution in [2.24, 2.45) is 0 Å². The van der Waals surface area contributed by atoms with E-state index in [9.17, 15) is 0 Å². The zero-order valence-electron chi connectivity index (χ0n) is 8.87. The quantitative estimate of drug-likeness (QED) is 0.825. The summed E-state index contributed by atoms with van der Waals surface area (Å²) in [5, 5.41) is 4.91. The van der Waals surface area contributed by atoms with Crippen molar-refractivity contribution in [1.82, 2.24) is 5.32 Å². The summed E-state index contributed by atoms with van der Waals surface area (Å²) in [6.45, 7) is 4.12. The Hall–Kier alpha value is -1.19. The third-order valence-corrected chi connectivity index (χ3v) is 3.15. The van der Waals surface area contributed by atoms with Crippen LogP contribution < -0.4 is 10.2 Å². The molecule has 1 aliphatic heterocycles. The van der Waals surface area contributed by atoms with Crippen molar-refractivity contribution in [2.75, 3.05) is 31.1 Å². The number of nitrogens with one attached hydrogen (secondary N) is 1. The molecule has 2 heterocycles. The molecular formula is C12H13ClN2O. The van der Waals surface area contributed by atoms with Gasteiger partial charge < -0.3 is 14.6 Å². The van der Waals surface area contributed by atoms with Gasteiger partial charge in [-0.3, -0.25) is 0 Å². The maximum absolute atomic E-state index is 5.90. The van der Waals surface area contributed by atoms with Gasteiger partial charge in [0.25, 0.3) is 0 Å². The fourth-order valence-corrected chi connectivity index (χ4v) is 2.39. The Morgan fingerprint density at radius 3 is 2.88 bits per heavy atom. The molecule has 0 amide bonds. The topological polar surface area (TPSA) is 28.4 Å². The highest BCUT2D eigenvalue weighted by atomic mass is 35.5. The fraction of sp³-hybridized carbons (Fsp3) is 0.333. The highest BCUT2D eigenvalue weighted by Gasteiger charge is 2.14. The van der Waals surface area contributed by atoms with Crippen molar-refractivity contribution in [3.05, 3.63) is 29.5 Å². The molecule has 1 saturated heterocycles. The summed E-state index contributed by atoms with van der Waals surface area (Å²) < 4.78 is 5.42. The molecule has 84 valence electrons. The van der Waals surface area contributed by atoms with Gasteiger partial charge in [-0.1, -0.05) is 6.07 Å². The third kappa shape index (κ3) is 1.66. The van der Waals surface area contributed by atoms with Crippen molar-refractivity contribution in [2.45, 2.75) is 0 Å². The molecule has 0 bridgehead atoms. The fourth-order valence-electron chi connectivity index (χ4n) is 2.20. The summed E-state index contributed by atoms with van der Waals surface area (Å²) in [4.78, 5) is 2.37. The van der Waals surface area contributed by atoms with Gasteiger partial charge in [0.05, 0.1) is 0 Å². The van der Waals surface area contributed by atoms with Crippen LogP contribution >= 0.6 is 11.6 Å². The molecular weight excluding hydrogens is 224 g/mol. The van der Waals surface area contributed by atoms with E-state index in [0.717, 1.165) is 37.1 Å². The lowest BCUT2D eigenvalue weighted by atomic mass is 10.2. The van der Waals surface area contributed by atoms with Crippen molar-refractivity contribution >= 4 is 28.3 Å². The summed E-state index contributed by atoms with van der Waals surface area (Å²) in [7, 11) is 0. The standard InChI is InChI=1S/C12H13ClN2O/c13-12-8-9-10(2-1-3-11(9)16-12)15-6-4-14-5-7-15/h1-3,8,14H,4-7H2. The first-order valence-electron chi connectivity index (χ1n) is 5.48. The normalized spacial score (nSPS) is 16.9. The van der Waals surface area contributed by atoms with Gasteiger partial charge in [-0.15, -0.1) is 0 Å². The summed E-state index contributed by atoms with van der Waals surface area (Å²) in [6.07, 6.45) is 0. The lowest BCUT2D eigenvalue weighted by Gasteiger charge is -2.29. The molecule has 1 aromatic heterocycles. The van der Waals surface area contributed by atoms with E-state index in [1.54, 1.807) is 0 Å². The minimum Gasteiger partial charge on any atom is -0.445 e. The van der Waals surface area contributed by atoms with Gasteiger partial charge in [-0.05, 0) is 23.7 Å². The average molecular weight is 237 g/mol. The zero-order chi connectivity index (χ0) is 11.0. The number of piperazine rings is 1. The van der Waals surface area contributed by atoms with Crippen LogP contribution in [-0.2, 0) is 0 Å². The average Bonchev–Trinajstić information content (AvgIpc) is 2.70. The predicted octanol–water partition coefficient (Wildman–Crippen LogP) is 2.50. The lowest BCUT2D eigenvalue weighted by molar-refractivity contribution is 0.590. The molecule has 16 heavy (non-hydrogen) atoms. The first-order valence-corrected chi connectivity index (χ1v) is 5.86.